The van der Waals surface area contributed by atoms with E-state index >= 15 is 0 Å². The molecule has 0 aliphatic rings. The Morgan fingerprint density at radius 1 is 1.19 bits per heavy atom. The Kier molecular flexibility index (Phi) is 2.94. The topological polar surface area (TPSA) is 90.9 Å². The average molecular weight is 302 g/mol. The Labute approximate surface area is 122 Å². The van der Waals surface area contributed by atoms with Gasteiger partial charge >= 0.3 is 0 Å². The highest BCUT2D eigenvalue weighted by Crippen LogP contribution is 2.30. The zero-order valence-corrected chi connectivity index (χ0v) is 12.4. The smallest absolute Gasteiger partial charge is 0.177 e. The molecular formula is C14H14N4O2S. The van der Waals surface area contributed by atoms with Crippen molar-refractivity contribution in [2.75, 3.05) is 12.0 Å². The highest BCUT2D eigenvalue weighted by molar-refractivity contribution is 7.90. The van der Waals surface area contributed by atoms with Gasteiger partial charge in [0.2, 0.25) is 0 Å². The summed E-state index contributed by atoms with van der Waals surface area (Å²) in [6.07, 6.45) is 1.16. The van der Waals surface area contributed by atoms with Crippen LogP contribution < -0.4 is 5.73 Å². The normalized spacial score (nSPS) is 11.9. The van der Waals surface area contributed by atoms with E-state index in [-0.39, 0.29) is 10.7 Å². The second-order valence-electron chi connectivity index (χ2n) is 4.85. The third kappa shape index (κ3) is 2.25. The highest BCUT2D eigenvalue weighted by Gasteiger charge is 2.20. The molecule has 2 heterocycles. The van der Waals surface area contributed by atoms with Gasteiger partial charge in [-0.1, -0.05) is 30.3 Å². The molecule has 0 radical (unpaired) electrons. The Morgan fingerprint density at radius 3 is 2.48 bits per heavy atom. The van der Waals surface area contributed by atoms with Gasteiger partial charge in [0.15, 0.2) is 21.3 Å². The van der Waals surface area contributed by atoms with E-state index < -0.39 is 9.84 Å². The van der Waals surface area contributed by atoms with E-state index in [1.165, 1.54) is 0 Å². The minimum absolute atomic E-state index is 0.154. The van der Waals surface area contributed by atoms with Crippen molar-refractivity contribution in [2.24, 2.45) is 7.05 Å². The highest BCUT2D eigenvalue weighted by atomic mass is 32.2. The van der Waals surface area contributed by atoms with Crippen LogP contribution in [0, 0.1) is 0 Å². The minimum Gasteiger partial charge on any atom is -0.382 e. The van der Waals surface area contributed by atoms with Crippen LogP contribution in [0.15, 0.2) is 41.3 Å². The number of hydrogen-bond donors (Lipinski definition) is 1. The molecule has 0 spiro atoms. The zero-order chi connectivity index (χ0) is 15.2. The second kappa shape index (κ2) is 4.56. The van der Waals surface area contributed by atoms with Gasteiger partial charge in [0, 0.05) is 18.9 Å². The minimum atomic E-state index is -3.44. The predicted molar refractivity (Wildman–Crippen MR) is 81.5 cm³/mol. The first-order chi connectivity index (χ1) is 9.88. The summed E-state index contributed by atoms with van der Waals surface area (Å²) in [5.74, 6) is 0.268. The molecule has 2 aromatic heterocycles. The van der Waals surface area contributed by atoms with Crippen molar-refractivity contribution in [3.8, 4) is 11.3 Å². The molecule has 1 aromatic carbocycles. The molecule has 3 aromatic rings. The molecular weight excluding hydrogens is 288 g/mol. The van der Waals surface area contributed by atoms with Crippen molar-refractivity contribution in [2.45, 2.75) is 4.90 Å². The molecule has 0 saturated heterocycles. The van der Waals surface area contributed by atoms with Crippen LogP contribution in [0.1, 0.15) is 0 Å². The number of benzene rings is 1. The fourth-order valence-corrected chi connectivity index (χ4v) is 3.12. The molecule has 108 valence electrons. The summed E-state index contributed by atoms with van der Waals surface area (Å²) in [5, 5.41) is 4.62. The molecule has 2 N–H and O–H groups in total. The van der Waals surface area contributed by atoms with Crippen LogP contribution in [-0.2, 0) is 16.9 Å². The Morgan fingerprint density at radius 2 is 1.86 bits per heavy atom. The molecule has 0 aliphatic heterocycles. The molecule has 0 aliphatic carbocycles. The van der Waals surface area contributed by atoms with E-state index in [9.17, 15) is 8.42 Å². The third-order valence-corrected chi connectivity index (χ3v) is 4.36. The Balaban J connectivity index is 2.44. The van der Waals surface area contributed by atoms with Crippen LogP contribution in [0.4, 0.5) is 5.82 Å². The molecule has 0 amide bonds. The molecule has 0 fully saturated rings. The number of anilines is 1. The van der Waals surface area contributed by atoms with Gasteiger partial charge in [-0.05, 0) is 6.07 Å². The quantitative estimate of drug-likeness (QED) is 0.776. The van der Waals surface area contributed by atoms with Crippen molar-refractivity contribution in [1.82, 2.24) is 14.8 Å². The van der Waals surface area contributed by atoms with E-state index in [4.69, 9.17) is 5.73 Å². The summed E-state index contributed by atoms with van der Waals surface area (Å²) in [6.45, 7) is 0. The van der Waals surface area contributed by atoms with Gasteiger partial charge < -0.3 is 5.73 Å². The number of fused-ring (bicyclic) bond motifs is 1. The van der Waals surface area contributed by atoms with Crippen LogP contribution in [0.25, 0.3) is 22.3 Å². The van der Waals surface area contributed by atoms with Crippen molar-refractivity contribution in [1.29, 1.82) is 0 Å². The van der Waals surface area contributed by atoms with Crippen LogP contribution in [0.5, 0.6) is 0 Å². The lowest BCUT2D eigenvalue weighted by atomic mass is 10.1. The molecule has 0 atom stereocenters. The lowest BCUT2D eigenvalue weighted by Gasteiger charge is -2.08. The lowest BCUT2D eigenvalue weighted by molar-refractivity contribution is 0.602. The lowest BCUT2D eigenvalue weighted by Crippen LogP contribution is -2.03. The van der Waals surface area contributed by atoms with E-state index in [1.54, 1.807) is 17.8 Å². The third-order valence-electron chi connectivity index (χ3n) is 3.25. The largest absolute Gasteiger partial charge is 0.382 e. The summed E-state index contributed by atoms with van der Waals surface area (Å²) < 4.78 is 25.7. The van der Waals surface area contributed by atoms with Gasteiger partial charge in [-0.2, -0.15) is 5.10 Å². The summed E-state index contributed by atoms with van der Waals surface area (Å²) in [7, 11) is -1.71. The summed E-state index contributed by atoms with van der Waals surface area (Å²) >= 11 is 0. The fraction of sp³-hybridized carbons (Fsp3) is 0.143. The fourth-order valence-electron chi connectivity index (χ4n) is 2.27. The first kappa shape index (κ1) is 13.6. The number of nitrogens with zero attached hydrogens (tertiary/aromatic N) is 3. The van der Waals surface area contributed by atoms with Gasteiger partial charge in [-0.25, -0.2) is 18.1 Å². The first-order valence-electron chi connectivity index (χ1n) is 6.26. The van der Waals surface area contributed by atoms with Crippen LogP contribution in [0.3, 0.4) is 0 Å². The molecule has 6 nitrogen and oxygen atoms in total. The van der Waals surface area contributed by atoms with Gasteiger partial charge in [0.05, 0.1) is 16.0 Å². The average Bonchev–Trinajstić information content (AvgIpc) is 2.72. The van der Waals surface area contributed by atoms with Crippen molar-refractivity contribution >= 4 is 26.7 Å². The Bertz CT molecular complexity index is 931. The number of aryl methyl sites for hydroxylation is 1. The predicted octanol–water partition coefficient (Wildman–Crippen LogP) is 1.62. The van der Waals surface area contributed by atoms with Gasteiger partial charge in [0.25, 0.3) is 0 Å². The maximum Gasteiger partial charge on any atom is 0.177 e. The number of sulfone groups is 1. The van der Waals surface area contributed by atoms with E-state index in [0.29, 0.717) is 16.7 Å². The standard InChI is InChI=1S/C14H14N4O2S/c1-18-14-10(13(15)17-18)8-11(21(2,19)20)12(16-14)9-6-4-3-5-7-9/h3-8H,1-2H3,(H2,15,17). The SMILES string of the molecule is Cn1nc(N)c2cc(S(C)(=O)=O)c(-c3ccccc3)nc21. The first-order valence-corrected chi connectivity index (χ1v) is 8.16. The van der Waals surface area contributed by atoms with E-state index in [2.05, 4.69) is 10.1 Å². The van der Waals surface area contributed by atoms with Crippen LogP contribution >= 0.6 is 0 Å². The number of pyridine rings is 1. The molecule has 7 heteroatoms. The van der Waals surface area contributed by atoms with Crippen LogP contribution in [-0.4, -0.2) is 29.4 Å². The number of hydrogen-bond acceptors (Lipinski definition) is 5. The molecule has 0 unspecified atom stereocenters. The number of nitrogen functional groups attached to an aromatic ring is 1. The van der Waals surface area contributed by atoms with Gasteiger partial charge in [-0.3, -0.25) is 0 Å². The number of nitrogens with two attached hydrogens (primary N) is 1. The van der Waals surface area contributed by atoms with Crippen molar-refractivity contribution in [3.63, 3.8) is 0 Å². The molecule has 0 bridgehead atoms. The maximum atomic E-state index is 12.1. The molecule has 21 heavy (non-hydrogen) atoms. The van der Waals surface area contributed by atoms with Gasteiger partial charge in [0.1, 0.15) is 0 Å². The number of rotatable bonds is 2. The van der Waals surface area contributed by atoms with Crippen LogP contribution in [0.2, 0.25) is 0 Å². The summed E-state index contributed by atoms with van der Waals surface area (Å²) in [6, 6.07) is 10.7. The zero-order valence-electron chi connectivity index (χ0n) is 11.6. The van der Waals surface area contributed by atoms with E-state index in [0.717, 1.165) is 11.8 Å². The maximum absolute atomic E-state index is 12.1. The van der Waals surface area contributed by atoms with Crippen molar-refractivity contribution < 1.29 is 8.42 Å². The summed E-state index contributed by atoms with van der Waals surface area (Å²) in [5.41, 5.74) is 7.51. The van der Waals surface area contributed by atoms with Crippen molar-refractivity contribution in [3.05, 3.63) is 36.4 Å². The van der Waals surface area contributed by atoms with E-state index in [1.807, 2.05) is 30.3 Å². The monoisotopic (exact) mass is 302 g/mol. The summed E-state index contributed by atoms with van der Waals surface area (Å²) in [4.78, 5) is 4.63. The number of aromatic nitrogens is 3. The molecule has 3 rings (SSSR count). The molecule has 0 saturated carbocycles. The van der Waals surface area contributed by atoms with Gasteiger partial charge in [-0.15, -0.1) is 0 Å². The Hall–Kier alpha value is -2.41. The second-order valence-corrected chi connectivity index (χ2v) is 6.84.